The second-order valence-corrected chi connectivity index (χ2v) is 10.5. The van der Waals surface area contributed by atoms with Gasteiger partial charge in [-0.2, -0.15) is 0 Å². The molecule has 1 fully saturated rings. The highest BCUT2D eigenvalue weighted by Crippen LogP contribution is 2.44. The number of hydrogen-bond donors (Lipinski definition) is 1. The van der Waals surface area contributed by atoms with Crippen molar-refractivity contribution in [2.24, 2.45) is 0 Å². The van der Waals surface area contributed by atoms with Crippen LogP contribution in [-0.4, -0.2) is 53.2 Å². The van der Waals surface area contributed by atoms with E-state index in [1.807, 2.05) is 13.8 Å². The molecule has 2 aliphatic rings. The van der Waals surface area contributed by atoms with Gasteiger partial charge in [0.15, 0.2) is 0 Å². The van der Waals surface area contributed by atoms with Gasteiger partial charge >= 0.3 is 0 Å². The zero-order chi connectivity index (χ0) is 22.2. The molecule has 0 bridgehead atoms. The molecular formula is C26H35BrN2O2. The molecule has 1 N–H and O–H groups in total. The molecule has 168 valence electrons. The van der Waals surface area contributed by atoms with E-state index in [-0.39, 0.29) is 5.60 Å². The van der Waals surface area contributed by atoms with Crippen LogP contribution in [0.15, 0.2) is 28.7 Å². The van der Waals surface area contributed by atoms with Gasteiger partial charge in [-0.15, -0.1) is 0 Å². The van der Waals surface area contributed by atoms with Crippen LogP contribution in [0.5, 0.6) is 11.5 Å². The molecule has 0 saturated carbocycles. The fraction of sp³-hybridized carbons (Fsp3) is 0.538. The lowest BCUT2D eigenvalue weighted by molar-refractivity contribution is 0.0351. The maximum Gasteiger partial charge on any atom is 0.127 e. The van der Waals surface area contributed by atoms with Gasteiger partial charge in [0.1, 0.15) is 17.1 Å². The van der Waals surface area contributed by atoms with Crippen LogP contribution in [0.2, 0.25) is 0 Å². The Balaban J connectivity index is 1.31. The third-order valence-electron chi connectivity index (χ3n) is 7.33. The van der Waals surface area contributed by atoms with Crippen molar-refractivity contribution < 1.29 is 9.84 Å². The van der Waals surface area contributed by atoms with Crippen LogP contribution < -0.4 is 4.74 Å². The summed E-state index contributed by atoms with van der Waals surface area (Å²) in [6.07, 6.45) is 3.02. The molecule has 0 amide bonds. The highest BCUT2D eigenvalue weighted by atomic mass is 79.9. The number of halogens is 1. The molecule has 0 aromatic heterocycles. The molecule has 0 aliphatic carbocycles. The summed E-state index contributed by atoms with van der Waals surface area (Å²) in [5, 5.41) is 10.4. The predicted octanol–water partition coefficient (Wildman–Crippen LogP) is 5.37. The molecule has 2 aliphatic heterocycles. The Bertz CT molecular complexity index is 936. The van der Waals surface area contributed by atoms with Crippen LogP contribution in [0.25, 0.3) is 0 Å². The number of hydrogen-bond acceptors (Lipinski definition) is 4. The predicted molar refractivity (Wildman–Crippen MR) is 130 cm³/mol. The minimum atomic E-state index is -0.137. The van der Waals surface area contributed by atoms with E-state index < -0.39 is 0 Å². The summed E-state index contributed by atoms with van der Waals surface area (Å²) in [4.78, 5) is 5.14. The Morgan fingerprint density at radius 3 is 2.29 bits per heavy atom. The van der Waals surface area contributed by atoms with Crippen LogP contribution in [-0.2, 0) is 13.0 Å². The summed E-state index contributed by atoms with van der Waals surface area (Å²) >= 11 is 3.51. The SMILES string of the molecule is Cc1c(C)c2c(c(C)c1O)CCC(C)(CCN1CCN(Cc3ccc(Br)cc3)CC1)O2. The molecule has 2 aromatic rings. The van der Waals surface area contributed by atoms with Crippen molar-refractivity contribution in [2.75, 3.05) is 32.7 Å². The van der Waals surface area contributed by atoms with Crippen molar-refractivity contribution in [2.45, 2.75) is 59.1 Å². The van der Waals surface area contributed by atoms with E-state index in [4.69, 9.17) is 4.74 Å². The Morgan fingerprint density at radius 1 is 0.968 bits per heavy atom. The summed E-state index contributed by atoms with van der Waals surface area (Å²) < 4.78 is 7.75. The smallest absolute Gasteiger partial charge is 0.127 e. The third-order valence-corrected chi connectivity index (χ3v) is 7.86. The van der Waals surface area contributed by atoms with Gasteiger partial charge in [-0.3, -0.25) is 4.90 Å². The second-order valence-electron chi connectivity index (χ2n) is 9.58. The van der Waals surface area contributed by atoms with Crippen molar-refractivity contribution in [3.05, 3.63) is 56.6 Å². The quantitative estimate of drug-likeness (QED) is 0.615. The minimum absolute atomic E-state index is 0.137. The highest BCUT2D eigenvalue weighted by Gasteiger charge is 2.35. The first kappa shape index (κ1) is 22.6. The van der Waals surface area contributed by atoms with E-state index in [0.29, 0.717) is 5.75 Å². The number of nitrogens with zero attached hydrogens (tertiary/aromatic N) is 2. The van der Waals surface area contributed by atoms with Gasteiger partial charge in [-0.05, 0) is 81.3 Å². The van der Waals surface area contributed by atoms with Crippen molar-refractivity contribution in [1.29, 1.82) is 0 Å². The van der Waals surface area contributed by atoms with E-state index in [1.165, 1.54) is 11.1 Å². The van der Waals surface area contributed by atoms with Crippen LogP contribution in [0.1, 0.15) is 47.6 Å². The average Bonchev–Trinajstić information content (AvgIpc) is 2.77. The first-order chi connectivity index (χ1) is 14.8. The second kappa shape index (κ2) is 9.13. The molecule has 4 rings (SSSR count). The molecule has 31 heavy (non-hydrogen) atoms. The number of ether oxygens (including phenoxy) is 1. The van der Waals surface area contributed by atoms with E-state index in [9.17, 15) is 5.11 Å². The molecule has 2 aromatic carbocycles. The Labute approximate surface area is 195 Å². The van der Waals surface area contributed by atoms with Crippen molar-refractivity contribution in [3.8, 4) is 11.5 Å². The lowest BCUT2D eigenvalue weighted by Gasteiger charge is -2.40. The van der Waals surface area contributed by atoms with Crippen LogP contribution in [0.3, 0.4) is 0 Å². The largest absolute Gasteiger partial charge is 0.507 e. The first-order valence-electron chi connectivity index (χ1n) is 11.5. The Hall–Kier alpha value is -1.56. The van der Waals surface area contributed by atoms with Gasteiger partial charge in [0.05, 0.1) is 0 Å². The number of piperazine rings is 1. The highest BCUT2D eigenvalue weighted by molar-refractivity contribution is 9.10. The molecule has 0 radical (unpaired) electrons. The normalized spacial score (nSPS) is 22.2. The number of rotatable bonds is 5. The summed E-state index contributed by atoms with van der Waals surface area (Å²) in [5.41, 5.74) is 5.46. The number of fused-ring (bicyclic) bond motifs is 1. The molecule has 0 spiro atoms. The van der Waals surface area contributed by atoms with Crippen LogP contribution in [0, 0.1) is 20.8 Å². The van der Waals surface area contributed by atoms with Crippen molar-refractivity contribution in [3.63, 3.8) is 0 Å². The maximum atomic E-state index is 10.4. The maximum absolute atomic E-state index is 10.4. The standard InChI is InChI=1S/C26H35BrN2O2/c1-18-19(2)25-23(20(3)24(18)30)9-10-26(4,31-25)11-12-28-13-15-29(16-14-28)17-21-5-7-22(27)8-6-21/h5-8,30H,9-17H2,1-4H3. The van der Waals surface area contributed by atoms with Gasteiger partial charge in [-0.1, -0.05) is 28.1 Å². The van der Waals surface area contributed by atoms with Gasteiger partial charge in [0.2, 0.25) is 0 Å². The third kappa shape index (κ3) is 4.94. The first-order valence-corrected chi connectivity index (χ1v) is 12.2. The van der Waals surface area contributed by atoms with E-state index in [0.717, 1.165) is 85.4 Å². The molecule has 5 heteroatoms. The monoisotopic (exact) mass is 486 g/mol. The molecular weight excluding hydrogens is 452 g/mol. The molecule has 1 saturated heterocycles. The van der Waals surface area contributed by atoms with Crippen molar-refractivity contribution in [1.82, 2.24) is 9.80 Å². The average molecular weight is 487 g/mol. The van der Waals surface area contributed by atoms with Crippen LogP contribution >= 0.6 is 15.9 Å². The van der Waals surface area contributed by atoms with Gasteiger partial charge in [-0.25, -0.2) is 0 Å². The number of aromatic hydroxyl groups is 1. The van der Waals surface area contributed by atoms with Gasteiger partial charge in [0.25, 0.3) is 0 Å². The molecule has 4 nitrogen and oxygen atoms in total. The Kier molecular flexibility index (Phi) is 6.66. The number of phenols is 1. The van der Waals surface area contributed by atoms with Crippen molar-refractivity contribution >= 4 is 15.9 Å². The summed E-state index contributed by atoms with van der Waals surface area (Å²) in [6, 6.07) is 8.67. The minimum Gasteiger partial charge on any atom is -0.507 e. The van der Waals surface area contributed by atoms with Gasteiger partial charge < -0.3 is 14.7 Å². The number of phenolic OH excluding ortho intramolecular Hbond substituents is 1. The zero-order valence-electron chi connectivity index (χ0n) is 19.3. The van der Waals surface area contributed by atoms with E-state index in [1.54, 1.807) is 0 Å². The Morgan fingerprint density at radius 2 is 1.61 bits per heavy atom. The van der Waals surface area contributed by atoms with E-state index in [2.05, 4.69) is 63.8 Å². The van der Waals surface area contributed by atoms with E-state index >= 15 is 0 Å². The summed E-state index contributed by atoms with van der Waals surface area (Å²) in [7, 11) is 0. The number of benzene rings is 2. The molecule has 1 atom stereocenters. The molecule has 2 heterocycles. The lowest BCUT2D eigenvalue weighted by atomic mass is 9.85. The fourth-order valence-electron chi connectivity index (χ4n) is 4.88. The van der Waals surface area contributed by atoms with Gasteiger partial charge in [0, 0.05) is 49.3 Å². The molecule has 1 unspecified atom stereocenters. The topological polar surface area (TPSA) is 35.9 Å². The fourth-order valence-corrected chi connectivity index (χ4v) is 5.15. The zero-order valence-corrected chi connectivity index (χ0v) is 20.9. The summed E-state index contributed by atoms with van der Waals surface area (Å²) in [5.74, 6) is 1.45. The van der Waals surface area contributed by atoms with Crippen LogP contribution in [0.4, 0.5) is 0 Å². The lowest BCUT2D eigenvalue weighted by Crippen LogP contribution is -2.48. The summed E-state index contributed by atoms with van der Waals surface area (Å²) in [6.45, 7) is 14.9.